The third kappa shape index (κ3) is 3.53. The number of nitrogens with one attached hydrogen (secondary N) is 1. The summed E-state index contributed by atoms with van der Waals surface area (Å²) in [5, 5.41) is 2.84. The molecule has 0 bridgehead atoms. The van der Waals surface area contributed by atoms with Crippen molar-refractivity contribution in [2.45, 2.75) is 20.8 Å². The average molecular weight is 380 g/mol. The van der Waals surface area contributed by atoms with Gasteiger partial charge in [-0.05, 0) is 56.7 Å². The van der Waals surface area contributed by atoms with Crippen LogP contribution >= 0.6 is 0 Å². The fourth-order valence-corrected chi connectivity index (χ4v) is 3.19. The van der Waals surface area contributed by atoms with E-state index in [1.165, 1.54) is 13.2 Å². The van der Waals surface area contributed by atoms with Gasteiger partial charge < -0.3 is 14.6 Å². The summed E-state index contributed by atoms with van der Waals surface area (Å²) in [6.45, 7) is 5.42. The maximum Gasteiger partial charge on any atom is 0.337 e. The highest BCUT2D eigenvalue weighted by Gasteiger charge is 2.19. The fraction of sp³-hybridized carbons (Fsp3) is 0.182. The first-order valence-corrected chi connectivity index (χ1v) is 8.77. The van der Waals surface area contributed by atoms with E-state index in [9.17, 15) is 14.0 Å². The van der Waals surface area contributed by atoms with Crippen molar-refractivity contribution in [3.63, 3.8) is 0 Å². The predicted molar refractivity (Wildman–Crippen MR) is 106 cm³/mol. The Kier molecular flexibility index (Phi) is 5.31. The second-order valence-electron chi connectivity index (χ2n) is 6.55. The molecule has 5 nitrogen and oxygen atoms in total. The predicted octanol–water partition coefficient (Wildman–Crippen LogP) is 4.58. The lowest BCUT2D eigenvalue weighted by molar-refractivity contribution is 0.0600. The van der Waals surface area contributed by atoms with Gasteiger partial charge >= 0.3 is 5.97 Å². The summed E-state index contributed by atoms with van der Waals surface area (Å²) in [6.07, 6.45) is 0. The van der Waals surface area contributed by atoms with Crippen LogP contribution in [0, 0.1) is 26.6 Å². The first-order valence-electron chi connectivity index (χ1n) is 8.77. The summed E-state index contributed by atoms with van der Waals surface area (Å²) in [4.78, 5) is 24.6. The molecule has 3 rings (SSSR count). The summed E-state index contributed by atoms with van der Waals surface area (Å²) >= 11 is 0. The van der Waals surface area contributed by atoms with Gasteiger partial charge in [0.05, 0.1) is 23.9 Å². The number of carbonyl (C=O) groups is 2. The average Bonchev–Trinajstić information content (AvgIpc) is 2.97. The summed E-state index contributed by atoms with van der Waals surface area (Å²) in [5.74, 6) is -1.17. The maximum atomic E-state index is 14.2. The van der Waals surface area contributed by atoms with Gasteiger partial charge in [-0.3, -0.25) is 4.79 Å². The Hall–Kier alpha value is -3.41. The van der Waals surface area contributed by atoms with Crippen molar-refractivity contribution in [3.05, 3.63) is 82.4 Å². The van der Waals surface area contributed by atoms with Crippen LogP contribution in [0.15, 0.2) is 48.5 Å². The van der Waals surface area contributed by atoms with Crippen molar-refractivity contribution in [3.8, 4) is 5.69 Å². The largest absolute Gasteiger partial charge is 0.465 e. The Balaban J connectivity index is 1.96. The van der Waals surface area contributed by atoms with Crippen molar-refractivity contribution in [2.24, 2.45) is 0 Å². The zero-order valence-corrected chi connectivity index (χ0v) is 16.2. The Morgan fingerprint density at radius 3 is 2.43 bits per heavy atom. The smallest absolute Gasteiger partial charge is 0.337 e. The van der Waals surface area contributed by atoms with Gasteiger partial charge in [0.1, 0.15) is 5.82 Å². The molecule has 0 unspecified atom stereocenters. The number of halogens is 1. The quantitative estimate of drug-likeness (QED) is 0.674. The van der Waals surface area contributed by atoms with E-state index in [-0.39, 0.29) is 11.7 Å². The van der Waals surface area contributed by atoms with E-state index >= 15 is 0 Å². The second-order valence-corrected chi connectivity index (χ2v) is 6.55. The third-order valence-corrected chi connectivity index (χ3v) is 4.68. The molecule has 6 heteroatoms. The minimum atomic E-state index is -0.478. The highest BCUT2D eigenvalue weighted by Crippen LogP contribution is 2.25. The number of nitrogens with zero attached hydrogens (tertiary/aromatic N) is 1. The van der Waals surface area contributed by atoms with Crippen LogP contribution in [0.4, 0.5) is 10.1 Å². The molecule has 0 saturated heterocycles. The number of methoxy groups -OCH3 is 1. The molecule has 1 aromatic heterocycles. The molecule has 28 heavy (non-hydrogen) atoms. The zero-order valence-electron chi connectivity index (χ0n) is 16.2. The van der Waals surface area contributed by atoms with Gasteiger partial charge in [0.15, 0.2) is 0 Å². The molecule has 144 valence electrons. The van der Waals surface area contributed by atoms with Crippen LogP contribution in [0.5, 0.6) is 0 Å². The van der Waals surface area contributed by atoms with E-state index in [4.69, 9.17) is 4.74 Å². The second kappa shape index (κ2) is 7.68. The number of aryl methyl sites for hydroxylation is 2. The summed E-state index contributed by atoms with van der Waals surface area (Å²) in [6, 6.07) is 13.1. The zero-order chi connectivity index (χ0) is 20.4. The Labute approximate surface area is 162 Å². The van der Waals surface area contributed by atoms with Crippen LogP contribution in [0.25, 0.3) is 5.69 Å². The molecule has 0 aliphatic heterocycles. The molecule has 1 heterocycles. The van der Waals surface area contributed by atoms with Crippen LogP contribution < -0.4 is 5.32 Å². The first kappa shape index (κ1) is 19.4. The van der Waals surface area contributed by atoms with Crippen molar-refractivity contribution in [2.75, 3.05) is 12.4 Å². The van der Waals surface area contributed by atoms with Gasteiger partial charge in [-0.25, -0.2) is 9.18 Å². The van der Waals surface area contributed by atoms with Crippen molar-refractivity contribution in [1.29, 1.82) is 0 Å². The number of anilines is 1. The maximum absolute atomic E-state index is 14.2. The lowest BCUT2D eigenvalue weighted by Gasteiger charge is -2.12. The Bertz CT molecular complexity index is 1070. The molecule has 0 radical (unpaired) electrons. The molecule has 0 fully saturated rings. The SMILES string of the molecule is COC(=O)c1ccc(C)c(NC(=O)c2cc(C)n(-c3ccccc3F)c2C)c1. The van der Waals surface area contributed by atoms with E-state index < -0.39 is 5.97 Å². The topological polar surface area (TPSA) is 60.3 Å². The minimum Gasteiger partial charge on any atom is -0.465 e. The molecule has 1 amide bonds. The van der Waals surface area contributed by atoms with Crippen LogP contribution in [0.2, 0.25) is 0 Å². The number of hydrogen-bond donors (Lipinski definition) is 1. The van der Waals surface area contributed by atoms with Crippen LogP contribution in [0.1, 0.15) is 37.7 Å². The molecule has 0 saturated carbocycles. The monoisotopic (exact) mass is 380 g/mol. The van der Waals surface area contributed by atoms with E-state index in [1.807, 2.05) is 13.8 Å². The summed E-state index contributed by atoms with van der Waals surface area (Å²) in [7, 11) is 1.30. The Morgan fingerprint density at radius 1 is 1.04 bits per heavy atom. The van der Waals surface area contributed by atoms with Gasteiger partial charge in [0, 0.05) is 17.1 Å². The van der Waals surface area contributed by atoms with Gasteiger partial charge in [-0.15, -0.1) is 0 Å². The van der Waals surface area contributed by atoms with Crippen molar-refractivity contribution < 1.29 is 18.7 Å². The molecule has 1 N–H and O–H groups in total. The lowest BCUT2D eigenvalue weighted by atomic mass is 10.1. The highest BCUT2D eigenvalue weighted by molar-refractivity contribution is 6.06. The van der Waals surface area contributed by atoms with Crippen molar-refractivity contribution in [1.82, 2.24) is 4.57 Å². The van der Waals surface area contributed by atoms with Crippen LogP contribution in [-0.2, 0) is 4.74 Å². The molecule has 0 atom stereocenters. The number of amides is 1. The highest BCUT2D eigenvalue weighted by atomic mass is 19.1. The third-order valence-electron chi connectivity index (χ3n) is 4.68. The number of aromatic nitrogens is 1. The number of esters is 1. The lowest BCUT2D eigenvalue weighted by Crippen LogP contribution is -2.15. The Morgan fingerprint density at radius 2 is 1.75 bits per heavy atom. The standard InChI is InChI=1S/C22H21FN2O3/c1-13-9-10-16(22(27)28-4)12-19(13)24-21(26)17-11-14(2)25(15(17)3)20-8-6-5-7-18(20)23/h5-12H,1-4H3,(H,24,26). The molecule has 3 aromatic rings. The van der Waals surface area contributed by atoms with E-state index in [1.54, 1.807) is 54.0 Å². The fourth-order valence-electron chi connectivity index (χ4n) is 3.19. The molecule has 0 aliphatic rings. The number of ether oxygens (including phenoxy) is 1. The molecule has 2 aromatic carbocycles. The van der Waals surface area contributed by atoms with Gasteiger partial charge in [0.2, 0.25) is 0 Å². The molecular formula is C22H21FN2O3. The van der Waals surface area contributed by atoms with E-state index in [0.717, 1.165) is 11.3 Å². The van der Waals surface area contributed by atoms with E-state index in [0.29, 0.717) is 28.2 Å². The van der Waals surface area contributed by atoms with Gasteiger partial charge in [0.25, 0.3) is 5.91 Å². The number of benzene rings is 2. The van der Waals surface area contributed by atoms with Crippen LogP contribution in [-0.4, -0.2) is 23.6 Å². The van der Waals surface area contributed by atoms with E-state index in [2.05, 4.69) is 5.32 Å². The van der Waals surface area contributed by atoms with Gasteiger partial charge in [-0.2, -0.15) is 0 Å². The number of rotatable bonds is 4. The number of hydrogen-bond acceptors (Lipinski definition) is 3. The molecule has 0 spiro atoms. The minimum absolute atomic E-state index is 0.333. The van der Waals surface area contributed by atoms with Crippen LogP contribution in [0.3, 0.4) is 0 Å². The van der Waals surface area contributed by atoms with Crippen molar-refractivity contribution >= 4 is 17.6 Å². The number of para-hydroxylation sites is 1. The summed E-state index contributed by atoms with van der Waals surface area (Å²) < 4.78 is 20.7. The number of carbonyl (C=O) groups excluding carboxylic acids is 2. The molecule has 0 aliphatic carbocycles. The van der Waals surface area contributed by atoms with Gasteiger partial charge in [-0.1, -0.05) is 18.2 Å². The normalized spacial score (nSPS) is 10.6. The summed E-state index contributed by atoms with van der Waals surface area (Å²) in [5.41, 5.74) is 3.87. The molecular weight excluding hydrogens is 359 g/mol. The first-order chi connectivity index (χ1) is 13.3.